The third-order valence-corrected chi connectivity index (χ3v) is 24.6. The van der Waals surface area contributed by atoms with E-state index >= 15 is 0 Å². The van der Waals surface area contributed by atoms with E-state index in [1.165, 1.54) is 91.9 Å². The summed E-state index contributed by atoms with van der Waals surface area (Å²) < 4.78 is 206. The van der Waals surface area contributed by atoms with Gasteiger partial charge in [-0.3, -0.25) is 0 Å². The first-order valence-corrected chi connectivity index (χ1v) is 44.1. The Hall–Kier alpha value is -7.34. The number of rotatable bonds is 28. The summed E-state index contributed by atoms with van der Waals surface area (Å²) >= 11 is 20.8. The number of hydrogen-bond acceptors (Lipinski definition) is 29. The van der Waals surface area contributed by atoms with E-state index in [0.29, 0.717) is 133 Å². The molecule has 2 saturated heterocycles. The van der Waals surface area contributed by atoms with E-state index < -0.39 is 67.2 Å². The first-order valence-electron chi connectivity index (χ1n) is 35.3. The molecule has 0 spiro atoms. The van der Waals surface area contributed by atoms with Crippen LogP contribution in [0.2, 0.25) is 14.2 Å². The van der Waals surface area contributed by atoms with Crippen LogP contribution in [0, 0.1) is 17.8 Å². The van der Waals surface area contributed by atoms with Gasteiger partial charge in [0, 0.05) is 62.7 Å². The van der Waals surface area contributed by atoms with E-state index in [2.05, 4.69) is 86.0 Å². The van der Waals surface area contributed by atoms with Gasteiger partial charge >= 0.3 is 32.5 Å². The predicted octanol–water partition coefficient (Wildman–Crippen LogP) is 15.7. The summed E-state index contributed by atoms with van der Waals surface area (Å²) in [6.07, 6.45) is 15.2. The van der Waals surface area contributed by atoms with Crippen LogP contribution in [0.1, 0.15) is 89.7 Å². The Balaban J connectivity index is 0.000000228. The lowest BCUT2D eigenvalue weighted by atomic mass is 10.00. The molecular formula is C70H82Cl5F8N15O14S6. The first-order chi connectivity index (χ1) is 55.3. The fourth-order valence-corrected chi connectivity index (χ4v) is 17.1. The standard InChI is InChI=1S/C22H26F2N4O4S2.C15H23F2N3O3.C11H11ClN2O3S2.C10H15F2N3O.C7H3Cl2NO2S2.C5H3ClF2N2O.ClH/c1-15(2-6-20-25-13-16(14-26-20)32-22(23)24)3-7-21-27-18-5-4-17(12-19(18)33-21)34(29,30)28-8-10-31-11-9-28;1-10(7-20-14(21)23-15(2,3)4)5-6-12-18-8-11(9-19-12)22-13(16)17;12-11-13-9-2-1-8(7-10(9)18-11)19(15,16)14-3-5-17-6-4-14;1-7(4-13)2-3-9-14-5-8(6-15-9)16-10(11)12;8-7-10-5-2-1-4(14(9,11)12)3-6(5)13-7;6-4-9-1-3(2-10-4)11-5(7)8;/h4-5,12-15,22H,2-3,6-11H2,1H3;8-10,13H,5-7H2,1-4H3,(H,20,21);1-2,7H,3-6H2;5-7,10H,2-4,13H2,1H3;1-3H;1-2,5H;1H. The van der Waals surface area contributed by atoms with Crippen molar-refractivity contribution >= 4 is 158 Å². The molecule has 1 amide bonds. The second kappa shape index (κ2) is 48.3. The molecule has 7 aromatic heterocycles. The molecule has 0 aliphatic carbocycles. The smallest absolute Gasteiger partial charge is 0.407 e. The number of fused-ring (bicyclic) bond motifs is 3. The van der Waals surface area contributed by atoms with Gasteiger partial charge in [-0.2, -0.15) is 43.7 Å². The maximum Gasteiger partial charge on any atom is 0.407 e. The second-order valence-corrected chi connectivity index (χ2v) is 37.3. The lowest BCUT2D eigenvalue weighted by molar-refractivity contribution is -0.0510. The second-order valence-electron chi connectivity index (χ2n) is 26.2. The van der Waals surface area contributed by atoms with Crippen LogP contribution < -0.4 is 30.0 Å². The minimum absolute atomic E-state index is 0. The molecule has 2 aliphatic rings. The average molecular weight is 1880 g/mol. The summed E-state index contributed by atoms with van der Waals surface area (Å²) in [7, 11) is -5.48. The third-order valence-electron chi connectivity index (χ3n) is 15.9. The predicted molar refractivity (Wildman–Crippen MR) is 432 cm³/mol. The molecule has 10 aromatic rings. The number of amides is 1. The van der Waals surface area contributed by atoms with Crippen LogP contribution >= 0.6 is 91.9 Å². The van der Waals surface area contributed by atoms with Crippen molar-refractivity contribution in [2.24, 2.45) is 23.5 Å². The molecular weight excluding hydrogens is 1800 g/mol. The van der Waals surface area contributed by atoms with Crippen molar-refractivity contribution in [3.8, 4) is 23.0 Å². The van der Waals surface area contributed by atoms with Gasteiger partial charge in [-0.15, -0.1) is 46.4 Å². The number of nitrogens with two attached hydrogens (primary N) is 1. The Morgan fingerprint density at radius 1 is 0.500 bits per heavy atom. The number of aryl methyl sites for hydroxylation is 4. The highest BCUT2D eigenvalue weighted by Gasteiger charge is 2.29. The average Bonchev–Trinajstić information content (AvgIpc) is 1.47. The molecule has 0 bridgehead atoms. The van der Waals surface area contributed by atoms with Crippen molar-refractivity contribution in [1.82, 2.24) is 68.8 Å². The number of ether oxygens (including phenoxy) is 7. The molecule has 3 unspecified atom stereocenters. The fourth-order valence-electron chi connectivity index (χ4n) is 9.96. The largest absolute Gasteiger partial charge is 0.444 e. The monoisotopic (exact) mass is 1880 g/mol. The quantitative estimate of drug-likeness (QED) is 0.0261. The maximum absolute atomic E-state index is 12.9. The van der Waals surface area contributed by atoms with Gasteiger partial charge in [0.15, 0.2) is 31.9 Å². The van der Waals surface area contributed by atoms with Crippen LogP contribution in [0.3, 0.4) is 0 Å². The van der Waals surface area contributed by atoms with E-state index in [1.807, 2.05) is 13.8 Å². The lowest BCUT2D eigenvalue weighted by Gasteiger charge is -2.25. The van der Waals surface area contributed by atoms with Crippen LogP contribution in [0.25, 0.3) is 30.6 Å². The SMILES string of the molecule is CC(CCc1ncc(OC(F)F)cn1)CCc1nc2ccc(S(=O)(=O)N3CCOCC3)cc2s1.CC(CCc1ncc(OC(F)F)cn1)CNC(=O)OC(C)(C)C.CC(CN)CCc1ncc(OC(F)F)cn1.Cl.FC(F)Oc1cnc(Cl)nc1.O=S(=O)(Cl)c1ccc2nc(Cl)sc2c1.O=S(=O)(c1ccc2nc(Cl)sc2c1)N1CCOCC1. The van der Waals surface area contributed by atoms with Gasteiger partial charge in [-0.1, -0.05) is 44.0 Å². The van der Waals surface area contributed by atoms with Gasteiger partial charge in [-0.05, 0) is 143 Å². The number of benzene rings is 3. The molecule has 3 N–H and O–H groups in total. The highest BCUT2D eigenvalue weighted by molar-refractivity contribution is 8.13. The molecule has 3 aromatic carbocycles. The molecule has 118 heavy (non-hydrogen) atoms. The summed E-state index contributed by atoms with van der Waals surface area (Å²) in [6.45, 7) is 4.38. The summed E-state index contributed by atoms with van der Waals surface area (Å²) in [5.41, 5.74) is 7.13. The van der Waals surface area contributed by atoms with E-state index in [1.54, 1.807) is 63.2 Å². The minimum atomic E-state index is -3.68. The Morgan fingerprint density at radius 2 is 0.831 bits per heavy atom. The van der Waals surface area contributed by atoms with Crippen molar-refractivity contribution < 1.29 is 98.3 Å². The first kappa shape index (κ1) is 99.5. The van der Waals surface area contributed by atoms with Crippen LogP contribution in [-0.4, -0.2) is 193 Å². The van der Waals surface area contributed by atoms with Gasteiger partial charge in [0.2, 0.25) is 25.3 Å². The van der Waals surface area contributed by atoms with Crippen molar-refractivity contribution in [3.63, 3.8) is 0 Å². The molecule has 0 radical (unpaired) electrons. The maximum atomic E-state index is 12.9. The Bertz CT molecular complexity index is 5090. The van der Waals surface area contributed by atoms with Crippen LogP contribution in [0.5, 0.6) is 23.0 Å². The van der Waals surface area contributed by atoms with Crippen LogP contribution in [0.4, 0.5) is 39.9 Å². The molecule has 48 heteroatoms. The number of sulfonamides is 2. The number of halogens is 13. The van der Waals surface area contributed by atoms with E-state index in [-0.39, 0.29) is 61.3 Å². The Kier molecular flexibility index (Phi) is 40.8. The van der Waals surface area contributed by atoms with E-state index in [9.17, 15) is 65.2 Å². The number of carbonyl (C=O) groups excluding carboxylic acids is 1. The van der Waals surface area contributed by atoms with Gasteiger partial charge in [0.25, 0.3) is 9.05 Å². The number of alkyl halides is 8. The van der Waals surface area contributed by atoms with Crippen molar-refractivity contribution in [3.05, 3.63) is 141 Å². The van der Waals surface area contributed by atoms with Gasteiger partial charge in [-0.25, -0.2) is 84.9 Å². The molecule has 9 heterocycles. The Labute approximate surface area is 712 Å². The summed E-state index contributed by atoms with van der Waals surface area (Å²) in [5.74, 6) is 2.47. The summed E-state index contributed by atoms with van der Waals surface area (Å²) in [4.78, 5) is 55.7. The van der Waals surface area contributed by atoms with Crippen LogP contribution in [-0.2, 0) is 69.0 Å². The normalized spacial score (nSPS) is 14.2. The van der Waals surface area contributed by atoms with Gasteiger partial charge < -0.3 is 44.2 Å². The number of carbonyl (C=O) groups is 1. The number of alkyl carbamates (subject to hydrolysis) is 1. The molecule has 0 saturated carbocycles. The zero-order chi connectivity index (χ0) is 85.6. The molecule has 2 aliphatic heterocycles. The van der Waals surface area contributed by atoms with Gasteiger partial charge in [0.05, 0.1) is 126 Å². The number of aromatic nitrogens is 11. The molecule has 648 valence electrons. The zero-order valence-corrected chi connectivity index (χ0v) is 72.3. The number of morpholine rings is 2. The van der Waals surface area contributed by atoms with Crippen molar-refractivity contribution in [2.45, 2.75) is 140 Å². The Morgan fingerprint density at radius 3 is 1.19 bits per heavy atom. The van der Waals surface area contributed by atoms with Gasteiger partial charge in [0.1, 0.15) is 23.1 Å². The number of nitrogens with one attached hydrogen (secondary N) is 1. The lowest BCUT2D eigenvalue weighted by Crippen LogP contribution is -2.40. The van der Waals surface area contributed by atoms with Crippen molar-refractivity contribution in [2.75, 3.05) is 65.7 Å². The summed E-state index contributed by atoms with van der Waals surface area (Å²) in [6, 6.07) is 14.4. The topological polar surface area (TPSA) is 370 Å². The zero-order valence-electron chi connectivity index (χ0n) is 63.6. The fraction of sp³-hybridized carbons (Fsp3) is 0.457. The van der Waals surface area contributed by atoms with Crippen LogP contribution in [0.15, 0.2) is 119 Å². The van der Waals surface area contributed by atoms with E-state index in [4.69, 9.17) is 65.4 Å². The number of thiazole rings is 3. The molecule has 29 nitrogen and oxygen atoms in total. The molecule has 2 fully saturated rings. The highest BCUT2D eigenvalue weighted by atomic mass is 35.7. The number of nitrogens with zero attached hydrogens (tertiary/aromatic N) is 13. The summed E-state index contributed by atoms with van der Waals surface area (Å²) in [5, 5.41) is 3.66. The highest BCUT2D eigenvalue weighted by Crippen LogP contribution is 2.33. The third kappa shape index (κ3) is 35.0. The molecule has 12 rings (SSSR count). The van der Waals surface area contributed by atoms with Crippen molar-refractivity contribution in [1.29, 1.82) is 0 Å². The van der Waals surface area contributed by atoms with E-state index in [0.717, 1.165) is 69.9 Å². The molecule has 3 atom stereocenters. The minimum Gasteiger partial charge on any atom is -0.444 e. The number of hydrogen-bond donors (Lipinski definition) is 2.